The van der Waals surface area contributed by atoms with Crippen molar-refractivity contribution in [1.29, 1.82) is 0 Å². The minimum absolute atomic E-state index is 0.101. The van der Waals surface area contributed by atoms with Crippen molar-refractivity contribution in [3.05, 3.63) is 73.1 Å². The van der Waals surface area contributed by atoms with E-state index in [-0.39, 0.29) is 11.9 Å². The Hall–Kier alpha value is -3.61. The molecule has 0 saturated heterocycles. The monoisotopic (exact) mass is 358 g/mol. The molecule has 1 atom stereocenters. The van der Waals surface area contributed by atoms with Crippen LogP contribution in [-0.4, -0.2) is 36.7 Å². The van der Waals surface area contributed by atoms with Gasteiger partial charge in [0, 0.05) is 29.4 Å². The number of amides is 1. The zero-order chi connectivity index (χ0) is 18.6. The number of aromatic nitrogens is 5. The third kappa shape index (κ3) is 3.67. The fraction of sp³-hybridized carbons (Fsp3) is 0.150. The molecule has 0 bridgehead atoms. The number of pyridine rings is 2. The van der Waals surface area contributed by atoms with Gasteiger partial charge in [-0.05, 0) is 31.2 Å². The number of para-hydroxylation sites is 1. The van der Waals surface area contributed by atoms with E-state index in [4.69, 9.17) is 4.98 Å². The van der Waals surface area contributed by atoms with Crippen LogP contribution in [0.3, 0.4) is 0 Å². The third-order valence-electron chi connectivity index (χ3n) is 4.24. The first-order chi connectivity index (χ1) is 13.2. The van der Waals surface area contributed by atoms with Gasteiger partial charge in [-0.25, -0.2) is 9.97 Å². The van der Waals surface area contributed by atoms with E-state index in [1.54, 1.807) is 23.4 Å². The third-order valence-corrected chi connectivity index (χ3v) is 4.24. The maximum absolute atomic E-state index is 13.0. The summed E-state index contributed by atoms with van der Waals surface area (Å²) < 4.78 is 1.69. The minimum atomic E-state index is -0.142. The first-order valence-electron chi connectivity index (χ1n) is 8.64. The number of carbonyl (C=O) groups is 1. The first kappa shape index (κ1) is 16.8. The van der Waals surface area contributed by atoms with E-state index in [1.165, 1.54) is 6.33 Å². The minimum Gasteiger partial charge on any atom is -0.348 e. The molecule has 27 heavy (non-hydrogen) atoms. The highest BCUT2D eigenvalue weighted by Gasteiger charge is 2.16. The molecule has 0 aliphatic heterocycles. The Kier molecular flexibility index (Phi) is 4.57. The van der Waals surface area contributed by atoms with Crippen LogP contribution in [0.25, 0.3) is 22.2 Å². The number of benzene rings is 1. The van der Waals surface area contributed by atoms with Gasteiger partial charge in [0.25, 0.3) is 5.91 Å². The topological polar surface area (TPSA) is 85.6 Å². The molecule has 0 aliphatic carbocycles. The lowest BCUT2D eigenvalue weighted by molar-refractivity contribution is 0.0937. The Morgan fingerprint density at radius 3 is 2.74 bits per heavy atom. The molecule has 7 nitrogen and oxygen atoms in total. The van der Waals surface area contributed by atoms with Crippen molar-refractivity contribution in [2.24, 2.45) is 0 Å². The van der Waals surface area contributed by atoms with Gasteiger partial charge in [0.1, 0.15) is 12.7 Å². The molecule has 1 N–H and O–H groups in total. The molecule has 0 fully saturated rings. The number of nitrogens with one attached hydrogen (secondary N) is 1. The van der Waals surface area contributed by atoms with Crippen LogP contribution in [0.5, 0.6) is 0 Å². The van der Waals surface area contributed by atoms with E-state index >= 15 is 0 Å². The van der Waals surface area contributed by atoms with Gasteiger partial charge in [0.05, 0.1) is 23.3 Å². The summed E-state index contributed by atoms with van der Waals surface area (Å²) in [7, 11) is 0. The van der Waals surface area contributed by atoms with Crippen molar-refractivity contribution >= 4 is 16.8 Å². The van der Waals surface area contributed by atoms with Crippen LogP contribution >= 0.6 is 0 Å². The molecule has 1 aromatic carbocycles. The molecular weight excluding hydrogens is 340 g/mol. The molecule has 3 aromatic heterocycles. The second-order valence-electron chi connectivity index (χ2n) is 6.30. The van der Waals surface area contributed by atoms with Crippen LogP contribution < -0.4 is 5.32 Å². The van der Waals surface area contributed by atoms with Crippen molar-refractivity contribution in [3.63, 3.8) is 0 Å². The molecule has 0 saturated carbocycles. The molecule has 0 aliphatic rings. The molecule has 4 aromatic rings. The first-order valence-corrected chi connectivity index (χ1v) is 8.64. The average Bonchev–Trinajstić information content (AvgIpc) is 3.20. The molecule has 0 radical (unpaired) electrons. The van der Waals surface area contributed by atoms with Crippen LogP contribution in [-0.2, 0) is 6.54 Å². The highest BCUT2D eigenvalue weighted by molar-refractivity contribution is 6.07. The van der Waals surface area contributed by atoms with Gasteiger partial charge in [-0.1, -0.05) is 18.2 Å². The fourth-order valence-electron chi connectivity index (χ4n) is 2.99. The van der Waals surface area contributed by atoms with Gasteiger partial charge >= 0.3 is 0 Å². The molecule has 3 heterocycles. The van der Waals surface area contributed by atoms with E-state index in [2.05, 4.69) is 20.4 Å². The van der Waals surface area contributed by atoms with Crippen molar-refractivity contribution < 1.29 is 4.79 Å². The Labute approximate surface area is 156 Å². The van der Waals surface area contributed by atoms with E-state index in [9.17, 15) is 4.79 Å². The van der Waals surface area contributed by atoms with Crippen molar-refractivity contribution in [2.75, 3.05) is 0 Å². The van der Waals surface area contributed by atoms with Crippen LogP contribution in [0.4, 0.5) is 0 Å². The summed E-state index contributed by atoms with van der Waals surface area (Å²) in [4.78, 5) is 25.7. The number of hydrogen-bond acceptors (Lipinski definition) is 5. The normalized spacial score (nSPS) is 12.0. The van der Waals surface area contributed by atoms with E-state index in [0.29, 0.717) is 12.1 Å². The van der Waals surface area contributed by atoms with E-state index in [1.807, 2.05) is 49.4 Å². The van der Waals surface area contributed by atoms with Gasteiger partial charge < -0.3 is 5.32 Å². The summed E-state index contributed by atoms with van der Waals surface area (Å²) in [5.41, 5.74) is 3.03. The predicted octanol–water partition coefficient (Wildman–Crippen LogP) is 2.71. The number of carbonyl (C=O) groups excluding carboxylic acids is 1. The summed E-state index contributed by atoms with van der Waals surface area (Å²) in [5, 5.41) is 7.94. The lowest BCUT2D eigenvalue weighted by Gasteiger charge is -2.15. The molecule has 7 heteroatoms. The maximum Gasteiger partial charge on any atom is 0.252 e. The Bertz CT molecular complexity index is 1060. The summed E-state index contributed by atoms with van der Waals surface area (Å²) in [6.07, 6.45) is 6.54. The second kappa shape index (κ2) is 7.33. The van der Waals surface area contributed by atoms with Crippen molar-refractivity contribution in [2.45, 2.75) is 19.5 Å². The predicted molar refractivity (Wildman–Crippen MR) is 102 cm³/mol. The van der Waals surface area contributed by atoms with E-state index in [0.717, 1.165) is 22.2 Å². The van der Waals surface area contributed by atoms with Gasteiger partial charge in [-0.15, -0.1) is 0 Å². The van der Waals surface area contributed by atoms with Crippen molar-refractivity contribution in [3.8, 4) is 11.3 Å². The average molecular weight is 358 g/mol. The Morgan fingerprint density at radius 2 is 1.96 bits per heavy atom. The number of nitrogens with zero attached hydrogens (tertiary/aromatic N) is 5. The number of hydrogen-bond donors (Lipinski definition) is 1. The number of rotatable bonds is 5. The zero-order valence-electron chi connectivity index (χ0n) is 14.8. The highest BCUT2D eigenvalue weighted by Crippen LogP contribution is 2.24. The van der Waals surface area contributed by atoms with Crippen LogP contribution in [0.15, 0.2) is 67.5 Å². The lowest BCUT2D eigenvalue weighted by atomic mass is 10.0. The standard InChI is InChI=1S/C20H18N6O/c1-14(11-26-13-22-12-23-26)24-20(27)17-10-19(15-6-8-21-9-7-15)25-18-5-3-2-4-16(17)18/h2-10,12-14H,11H2,1H3,(H,24,27). The Morgan fingerprint density at radius 1 is 1.15 bits per heavy atom. The summed E-state index contributed by atoms with van der Waals surface area (Å²) in [5.74, 6) is -0.142. The quantitative estimate of drug-likeness (QED) is 0.593. The highest BCUT2D eigenvalue weighted by atomic mass is 16.1. The summed E-state index contributed by atoms with van der Waals surface area (Å²) in [6.45, 7) is 2.48. The maximum atomic E-state index is 13.0. The molecule has 1 unspecified atom stereocenters. The van der Waals surface area contributed by atoms with Gasteiger partial charge in [0.15, 0.2) is 0 Å². The largest absolute Gasteiger partial charge is 0.348 e. The van der Waals surface area contributed by atoms with Crippen LogP contribution in [0.2, 0.25) is 0 Å². The molecule has 1 amide bonds. The number of fused-ring (bicyclic) bond motifs is 1. The molecule has 134 valence electrons. The van der Waals surface area contributed by atoms with Crippen LogP contribution in [0.1, 0.15) is 17.3 Å². The van der Waals surface area contributed by atoms with Crippen molar-refractivity contribution in [1.82, 2.24) is 30.0 Å². The van der Waals surface area contributed by atoms with Gasteiger partial charge in [-0.3, -0.25) is 14.5 Å². The SMILES string of the molecule is CC(Cn1cncn1)NC(=O)c1cc(-c2ccncc2)nc2ccccc12. The smallest absolute Gasteiger partial charge is 0.252 e. The fourth-order valence-corrected chi connectivity index (χ4v) is 2.99. The van der Waals surface area contributed by atoms with Gasteiger partial charge in [0.2, 0.25) is 0 Å². The second-order valence-corrected chi connectivity index (χ2v) is 6.30. The molecule has 4 rings (SSSR count). The lowest BCUT2D eigenvalue weighted by Crippen LogP contribution is -2.36. The molecular formula is C20H18N6O. The molecule has 0 spiro atoms. The van der Waals surface area contributed by atoms with E-state index < -0.39 is 0 Å². The summed E-state index contributed by atoms with van der Waals surface area (Å²) in [6, 6.07) is 13.1. The summed E-state index contributed by atoms with van der Waals surface area (Å²) >= 11 is 0. The van der Waals surface area contributed by atoms with Gasteiger partial charge in [-0.2, -0.15) is 5.10 Å². The Balaban J connectivity index is 1.68. The van der Waals surface area contributed by atoms with Crippen LogP contribution in [0, 0.1) is 0 Å². The zero-order valence-corrected chi connectivity index (χ0v) is 14.8.